The number of nitrogens with one attached hydrogen (secondary N) is 1. The monoisotopic (exact) mass is 292 g/mol. The molecule has 4 rings (SSSR count). The van der Waals surface area contributed by atoms with Crippen molar-refractivity contribution in [3.8, 4) is 0 Å². The lowest BCUT2D eigenvalue weighted by Gasteiger charge is -2.24. The summed E-state index contributed by atoms with van der Waals surface area (Å²) in [6, 6.07) is 0.929. The molecule has 108 valence electrons. The Morgan fingerprint density at radius 1 is 1.40 bits per heavy atom. The number of hydrogen-bond donors (Lipinski definition) is 2. The Morgan fingerprint density at radius 2 is 2.30 bits per heavy atom. The van der Waals surface area contributed by atoms with Crippen LogP contribution in [0.3, 0.4) is 0 Å². The van der Waals surface area contributed by atoms with E-state index in [1.807, 2.05) is 0 Å². The zero-order chi connectivity index (χ0) is 13.5. The number of aliphatic hydroxyl groups is 1. The van der Waals surface area contributed by atoms with Gasteiger partial charge in [0.1, 0.15) is 0 Å². The van der Waals surface area contributed by atoms with Gasteiger partial charge in [-0.15, -0.1) is 11.3 Å². The molecule has 20 heavy (non-hydrogen) atoms. The van der Waals surface area contributed by atoms with Crippen LogP contribution in [0.1, 0.15) is 31.4 Å². The molecule has 3 heterocycles. The molecule has 5 nitrogen and oxygen atoms in total. The number of aliphatic hydroxyl groups excluding tert-OH is 1. The maximum Gasteiger partial charge on any atom is 0.195 e. The van der Waals surface area contributed by atoms with Gasteiger partial charge in [-0.05, 0) is 25.7 Å². The van der Waals surface area contributed by atoms with Crippen molar-refractivity contribution >= 4 is 22.1 Å². The first kappa shape index (κ1) is 12.6. The van der Waals surface area contributed by atoms with E-state index in [0.29, 0.717) is 6.04 Å². The van der Waals surface area contributed by atoms with Gasteiger partial charge in [-0.2, -0.15) is 0 Å². The van der Waals surface area contributed by atoms with Crippen LogP contribution >= 0.6 is 11.3 Å². The van der Waals surface area contributed by atoms with E-state index in [-0.39, 0.29) is 12.6 Å². The summed E-state index contributed by atoms with van der Waals surface area (Å²) in [6.45, 7) is 2.10. The molecule has 0 spiro atoms. The van der Waals surface area contributed by atoms with Gasteiger partial charge in [0.05, 0.1) is 18.3 Å². The average molecular weight is 292 g/mol. The fraction of sp³-hybridized carbons (Fsp3) is 0.643. The van der Waals surface area contributed by atoms with E-state index in [0.717, 1.165) is 36.7 Å². The third kappa shape index (κ3) is 2.12. The van der Waals surface area contributed by atoms with Crippen LogP contribution in [0.25, 0.3) is 4.96 Å². The van der Waals surface area contributed by atoms with Crippen molar-refractivity contribution in [2.75, 3.05) is 18.1 Å². The number of anilines is 1. The highest BCUT2D eigenvalue weighted by atomic mass is 32.1. The molecule has 2 fully saturated rings. The van der Waals surface area contributed by atoms with Crippen molar-refractivity contribution in [1.82, 2.24) is 14.7 Å². The zero-order valence-electron chi connectivity index (χ0n) is 11.5. The van der Waals surface area contributed by atoms with E-state index in [1.54, 1.807) is 11.3 Å². The fourth-order valence-corrected chi connectivity index (χ4v) is 3.78. The number of rotatable bonds is 5. The lowest BCUT2D eigenvalue weighted by Crippen LogP contribution is -2.33. The number of fused-ring (bicyclic) bond motifs is 1. The normalized spacial score (nSPS) is 23.1. The van der Waals surface area contributed by atoms with Crippen LogP contribution in [0.4, 0.5) is 5.82 Å². The summed E-state index contributed by atoms with van der Waals surface area (Å²) >= 11 is 1.67. The summed E-state index contributed by atoms with van der Waals surface area (Å²) in [5, 5.41) is 15.2. The average Bonchev–Trinajstić information content (AvgIpc) is 2.89. The molecule has 2 N–H and O–H groups in total. The second kappa shape index (κ2) is 5.02. The van der Waals surface area contributed by atoms with Crippen molar-refractivity contribution in [2.24, 2.45) is 0 Å². The molecular formula is C14H20N4OS. The summed E-state index contributed by atoms with van der Waals surface area (Å²) in [5.74, 6) is 1.07. The molecule has 0 aromatic carbocycles. The lowest BCUT2D eigenvalue weighted by molar-refractivity contribution is 0.266. The standard InChI is InChI=1S/C14H20N4OS/c19-9-11-2-1-5-17(11)13-12(8-15-10-3-4-10)18-6-7-20-14(18)16-13/h6-7,10-11,15,19H,1-5,8-9H2. The van der Waals surface area contributed by atoms with Gasteiger partial charge in [0.15, 0.2) is 10.8 Å². The molecule has 1 aliphatic heterocycles. The van der Waals surface area contributed by atoms with Gasteiger partial charge in [0.2, 0.25) is 0 Å². The Bertz CT molecular complexity index is 603. The van der Waals surface area contributed by atoms with Gasteiger partial charge in [-0.25, -0.2) is 4.98 Å². The van der Waals surface area contributed by atoms with Crippen molar-refractivity contribution < 1.29 is 5.11 Å². The molecule has 1 atom stereocenters. The third-order valence-electron chi connectivity index (χ3n) is 4.34. The first-order chi connectivity index (χ1) is 9.86. The highest BCUT2D eigenvalue weighted by Gasteiger charge is 2.30. The van der Waals surface area contributed by atoms with Gasteiger partial charge < -0.3 is 15.3 Å². The van der Waals surface area contributed by atoms with Crippen LogP contribution in [0.2, 0.25) is 0 Å². The number of thiazole rings is 1. The summed E-state index contributed by atoms with van der Waals surface area (Å²) < 4.78 is 2.20. The number of hydrogen-bond acceptors (Lipinski definition) is 5. The molecule has 6 heteroatoms. The van der Waals surface area contributed by atoms with Crippen LogP contribution < -0.4 is 10.2 Å². The Labute approximate surface area is 122 Å². The second-order valence-corrected chi connectivity index (χ2v) is 6.64. The van der Waals surface area contributed by atoms with Crippen molar-refractivity contribution in [3.05, 3.63) is 17.3 Å². The van der Waals surface area contributed by atoms with Gasteiger partial charge in [-0.1, -0.05) is 0 Å². The van der Waals surface area contributed by atoms with E-state index in [9.17, 15) is 5.11 Å². The van der Waals surface area contributed by atoms with Crippen LogP contribution in [-0.4, -0.2) is 39.7 Å². The molecule has 1 unspecified atom stereocenters. The van der Waals surface area contributed by atoms with E-state index >= 15 is 0 Å². The molecular weight excluding hydrogens is 272 g/mol. The highest BCUT2D eigenvalue weighted by Crippen LogP contribution is 2.31. The van der Waals surface area contributed by atoms with E-state index in [2.05, 4.69) is 26.2 Å². The molecule has 0 radical (unpaired) electrons. The summed E-state index contributed by atoms with van der Waals surface area (Å²) in [5.41, 5.74) is 1.24. The predicted octanol–water partition coefficient (Wildman–Crippen LogP) is 1.61. The predicted molar refractivity (Wildman–Crippen MR) is 80.4 cm³/mol. The SMILES string of the molecule is OCC1CCCN1c1nc2sccn2c1CNC1CC1. The van der Waals surface area contributed by atoms with Crippen molar-refractivity contribution in [1.29, 1.82) is 0 Å². The fourth-order valence-electron chi connectivity index (χ4n) is 3.05. The number of nitrogens with zero attached hydrogens (tertiary/aromatic N) is 3. The molecule has 2 aliphatic rings. The van der Waals surface area contributed by atoms with Crippen LogP contribution in [-0.2, 0) is 6.54 Å². The van der Waals surface area contributed by atoms with E-state index in [4.69, 9.17) is 4.98 Å². The quantitative estimate of drug-likeness (QED) is 0.879. The number of aromatic nitrogens is 2. The van der Waals surface area contributed by atoms with Crippen molar-refractivity contribution in [2.45, 2.75) is 44.3 Å². The molecule has 2 aromatic heterocycles. The second-order valence-electron chi connectivity index (χ2n) is 5.76. The maximum atomic E-state index is 9.55. The number of imidazole rings is 1. The van der Waals surface area contributed by atoms with Crippen LogP contribution in [0.15, 0.2) is 11.6 Å². The smallest absolute Gasteiger partial charge is 0.195 e. The summed E-state index contributed by atoms with van der Waals surface area (Å²) in [4.78, 5) is 8.15. The topological polar surface area (TPSA) is 52.8 Å². The van der Waals surface area contributed by atoms with Gasteiger partial charge >= 0.3 is 0 Å². The Kier molecular flexibility index (Phi) is 3.17. The Hall–Kier alpha value is -1.11. The lowest BCUT2D eigenvalue weighted by atomic mass is 10.2. The largest absolute Gasteiger partial charge is 0.394 e. The molecule has 1 saturated carbocycles. The van der Waals surface area contributed by atoms with Gasteiger partial charge in [0, 0.05) is 30.7 Å². The minimum absolute atomic E-state index is 0.223. The minimum atomic E-state index is 0.223. The molecule has 0 amide bonds. The van der Waals surface area contributed by atoms with E-state index in [1.165, 1.54) is 18.5 Å². The third-order valence-corrected chi connectivity index (χ3v) is 5.09. The zero-order valence-corrected chi connectivity index (χ0v) is 12.3. The maximum absolute atomic E-state index is 9.55. The molecule has 1 aliphatic carbocycles. The minimum Gasteiger partial charge on any atom is -0.394 e. The Morgan fingerprint density at radius 3 is 3.10 bits per heavy atom. The van der Waals surface area contributed by atoms with Gasteiger partial charge in [-0.3, -0.25) is 4.40 Å². The first-order valence-corrected chi connectivity index (χ1v) is 8.30. The molecule has 1 saturated heterocycles. The summed E-state index contributed by atoms with van der Waals surface area (Å²) in [6.07, 6.45) is 6.90. The van der Waals surface area contributed by atoms with Crippen LogP contribution in [0, 0.1) is 0 Å². The van der Waals surface area contributed by atoms with Crippen LogP contribution in [0.5, 0.6) is 0 Å². The summed E-state index contributed by atoms with van der Waals surface area (Å²) in [7, 11) is 0. The van der Waals surface area contributed by atoms with Gasteiger partial charge in [0.25, 0.3) is 0 Å². The highest BCUT2D eigenvalue weighted by molar-refractivity contribution is 7.15. The van der Waals surface area contributed by atoms with E-state index < -0.39 is 0 Å². The molecule has 2 aromatic rings. The van der Waals surface area contributed by atoms with Crippen molar-refractivity contribution in [3.63, 3.8) is 0 Å². The molecule has 0 bridgehead atoms. The Balaban J connectivity index is 1.68. The first-order valence-electron chi connectivity index (χ1n) is 7.42.